The highest BCUT2D eigenvalue weighted by Crippen LogP contribution is 2.31. The SMILES string of the molecule is N#Cc1cccnc1N1CCCC(c2[nH]ncc2CN2CCOCC2)C1. The van der Waals surface area contributed by atoms with Gasteiger partial charge in [-0.2, -0.15) is 10.4 Å². The third-order valence-corrected chi connectivity index (χ3v) is 5.29. The molecule has 1 N–H and O–H groups in total. The summed E-state index contributed by atoms with van der Waals surface area (Å²) in [5.41, 5.74) is 3.15. The standard InChI is InChI=1S/C19H24N6O/c20-11-15-3-1-5-21-19(15)25-6-2-4-16(14-25)18-17(12-22-23-18)13-24-7-9-26-10-8-24/h1,3,5,12,16H,2,4,6-10,13-14H2,(H,22,23). The van der Waals surface area contributed by atoms with Crippen molar-refractivity contribution in [2.45, 2.75) is 25.3 Å². The highest BCUT2D eigenvalue weighted by molar-refractivity contribution is 5.54. The third-order valence-electron chi connectivity index (χ3n) is 5.29. The van der Waals surface area contributed by atoms with Crippen LogP contribution in [-0.2, 0) is 11.3 Å². The molecule has 2 aromatic rings. The first kappa shape index (κ1) is 17.0. The number of anilines is 1. The molecule has 2 aromatic heterocycles. The summed E-state index contributed by atoms with van der Waals surface area (Å²) in [5, 5.41) is 16.9. The summed E-state index contributed by atoms with van der Waals surface area (Å²) in [6, 6.07) is 5.92. The zero-order valence-corrected chi connectivity index (χ0v) is 14.9. The molecule has 26 heavy (non-hydrogen) atoms. The number of aromatic nitrogens is 3. The molecule has 7 nitrogen and oxygen atoms in total. The number of nitrogens with one attached hydrogen (secondary N) is 1. The molecule has 2 fully saturated rings. The van der Waals surface area contributed by atoms with E-state index in [2.05, 4.69) is 31.1 Å². The molecular weight excluding hydrogens is 328 g/mol. The summed E-state index contributed by atoms with van der Waals surface area (Å²) in [5.74, 6) is 1.18. The molecule has 2 aliphatic heterocycles. The van der Waals surface area contributed by atoms with E-state index in [-0.39, 0.29) is 0 Å². The molecule has 1 unspecified atom stereocenters. The topological polar surface area (TPSA) is 81.1 Å². The summed E-state index contributed by atoms with van der Waals surface area (Å²) < 4.78 is 5.45. The van der Waals surface area contributed by atoms with E-state index in [0.29, 0.717) is 11.5 Å². The van der Waals surface area contributed by atoms with Crippen LogP contribution < -0.4 is 4.90 Å². The van der Waals surface area contributed by atoms with Crippen molar-refractivity contribution in [3.63, 3.8) is 0 Å². The molecule has 0 radical (unpaired) electrons. The van der Waals surface area contributed by atoms with Gasteiger partial charge < -0.3 is 9.64 Å². The van der Waals surface area contributed by atoms with Gasteiger partial charge in [-0.3, -0.25) is 10.00 Å². The Morgan fingerprint density at radius 3 is 3.04 bits per heavy atom. The largest absolute Gasteiger partial charge is 0.379 e. The van der Waals surface area contributed by atoms with Gasteiger partial charge in [0.1, 0.15) is 11.9 Å². The third kappa shape index (κ3) is 3.57. The lowest BCUT2D eigenvalue weighted by Gasteiger charge is -2.34. The smallest absolute Gasteiger partial charge is 0.146 e. The maximum atomic E-state index is 9.38. The Kier molecular flexibility index (Phi) is 5.14. The Bertz CT molecular complexity index is 776. The van der Waals surface area contributed by atoms with Crippen molar-refractivity contribution in [2.24, 2.45) is 0 Å². The number of hydrogen-bond acceptors (Lipinski definition) is 6. The second-order valence-corrected chi connectivity index (χ2v) is 6.97. The van der Waals surface area contributed by atoms with Crippen molar-refractivity contribution in [1.29, 1.82) is 5.26 Å². The Hall–Kier alpha value is -2.43. The number of nitriles is 1. The van der Waals surface area contributed by atoms with Crippen LogP contribution in [0.4, 0.5) is 5.82 Å². The lowest BCUT2D eigenvalue weighted by Crippen LogP contribution is -2.37. The summed E-state index contributed by atoms with van der Waals surface area (Å²) >= 11 is 0. The number of rotatable bonds is 4. The molecule has 0 aromatic carbocycles. The Labute approximate surface area is 153 Å². The van der Waals surface area contributed by atoms with E-state index in [0.717, 1.165) is 64.6 Å². The molecule has 0 aliphatic carbocycles. The van der Waals surface area contributed by atoms with Crippen molar-refractivity contribution in [3.05, 3.63) is 41.3 Å². The zero-order chi connectivity index (χ0) is 17.8. The van der Waals surface area contributed by atoms with Gasteiger partial charge in [-0.05, 0) is 25.0 Å². The maximum Gasteiger partial charge on any atom is 0.146 e. The van der Waals surface area contributed by atoms with Crippen molar-refractivity contribution in [1.82, 2.24) is 20.1 Å². The molecule has 4 rings (SSSR count). The van der Waals surface area contributed by atoms with E-state index in [1.54, 1.807) is 6.20 Å². The minimum atomic E-state index is 0.385. The van der Waals surface area contributed by atoms with Gasteiger partial charge in [-0.1, -0.05) is 0 Å². The van der Waals surface area contributed by atoms with E-state index >= 15 is 0 Å². The van der Waals surface area contributed by atoms with Crippen molar-refractivity contribution >= 4 is 5.82 Å². The number of H-pyrrole nitrogens is 1. The van der Waals surface area contributed by atoms with Crippen LogP contribution in [0.3, 0.4) is 0 Å². The first-order valence-corrected chi connectivity index (χ1v) is 9.27. The zero-order valence-electron chi connectivity index (χ0n) is 14.9. The molecule has 1 atom stereocenters. The van der Waals surface area contributed by atoms with E-state index in [9.17, 15) is 5.26 Å². The summed E-state index contributed by atoms with van der Waals surface area (Å²) in [6.07, 6.45) is 5.94. The van der Waals surface area contributed by atoms with Crippen LogP contribution in [0.2, 0.25) is 0 Å². The van der Waals surface area contributed by atoms with Gasteiger partial charge in [0.25, 0.3) is 0 Å². The first-order valence-electron chi connectivity index (χ1n) is 9.27. The highest BCUT2D eigenvalue weighted by atomic mass is 16.5. The molecule has 0 amide bonds. The second-order valence-electron chi connectivity index (χ2n) is 6.97. The average Bonchev–Trinajstić information content (AvgIpc) is 3.17. The quantitative estimate of drug-likeness (QED) is 0.905. The molecule has 2 saturated heterocycles. The lowest BCUT2D eigenvalue weighted by molar-refractivity contribution is 0.0340. The molecule has 2 aliphatic rings. The maximum absolute atomic E-state index is 9.38. The Balaban J connectivity index is 1.50. The minimum Gasteiger partial charge on any atom is -0.379 e. The second kappa shape index (κ2) is 7.85. The predicted molar refractivity (Wildman–Crippen MR) is 97.8 cm³/mol. The van der Waals surface area contributed by atoms with Crippen LogP contribution in [0.25, 0.3) is 0 Å². The number of nitrogens with zero attached hydrogens (tertiary/aromatic N) is 5. The Morgan fingerprint density at radius 1 is 1.31 bits per heavy atom. The van der Waals surface area contributed by atoms with Crippen LogP contribution in [0, 0.1) is 11.3 Å². The Morgan fingerprint density at radius 2 is 2.19 bits per heavy atom. The van der Waals surface area contributed by atoms with Gasteiger partial charge in [0.15, 0.2) is 0 Å². The van der Waals surface area contributed by atoms with Gasteiger partial charge in [0.2, 0.25) is 0 Å². The van der Waals surface area contributed by atoms with Gasteiger partial charge in [-0.25, -0.2) is 4.98 Å². The number of pyridine rings is 1. The predicted octanol–water partition coefficient (Wildman–Crippen LogP) is 1.89. The van der Waals surface area contributed by atoms with Crippen LogP contribution in [0.15, 0.2) is 24.5 Å². The fraction of sp³-hybridized carbons (Fsp3) is 0.526. The van der Waals surface area contributed by atoms with Gasteiger partial charge >= 0.3 is 0 Å². The minimum absolute atomic E-state index is 0.385. The number of piperidine rings is 1. The molecule has 4 heterocycles. The van der Waals surface area contributed by atoms with Crippen LogP contribution in [-0.4, -0.2) is 59.5 Å². The monoisotopic (exact) mass is 352 g/mol. The van der Waals surface area contributed by atoms with Crippen molar-refractivity contribution in [3.8, 4) is 6.07 Å². The number of hydrogen-bond donors (Lipinski definition) is 1. The number of ether oxygens (including phenoxy) is 1. The van der Waals surface area contributed by atoms with Crippen molar-refractivity contribution < 1.29 is 4.74 Å². The summed E-state index contributed by atoms with van der Waals surface area (Å²) in [7, 11) is 0. The van der Waals surface area contributed by atoms with Gasteiger partial charge in [-0.15, -0.1) is 0 Å². The number of morpholine rings is 1. The first-order chi connectivity index (χ1) is 12.8. The van der Waals surface area contributed by atoms with E-state index in [4.69, 9.17) is 4.74 Å². The van der Waals surface area contributed by atoms with Crippen molar-refractivity contribution in [2.75, 3.05) is 44.3 Å². The lowest BCUT2D eigenvalue weighted by atomic mass is 9.92. The van der Waals surface area contributed by atoms with Crippen LogP contribution >= 0.6 is 0 Å². The molecular formula is C19H24N6O. The molecule has 0 saturated carbocycles. The fourth-order valence-corrected chi connectivity index (χ4v) is 3.94. The highest BCUT2D eigenvalue weighted by Gasteiger charge is 2.27. The molecule has 0 spiro atoms. The van der Waals surface area contributed by atoms with Crippen LogP contribution in [0.5, 0.6) is 0 Å². The van der Waals surface area contributed by atoms with E-state index < -0.39 is 0 Å². The number of aromatic amines is 1. The summed E-state index contributed by atoms with van der Waals surface area (Å²) in [6.45, 7) is 6.28. The normalized spacial score (nSPS) is 21.5. The van der Waals surface area contributed by atoms with Gasteiger partial charge in [0.05, 0.1) is 25.0 Å². The van der Waals surface area contributed by atoms with Gasteiger partial charge in [0, 0.05) is 56.1 Å². The van der Waals surface area contributed by atoms with Crippen LogP contribution in [0.1, 0.15) is 35.6 Å². The molecule has 0 bridgehead atoms. The fourth-order valence-electron chi connectivity index (χ4n) is 3.94. The summed E-state index contributed by atoms with van der Waals surface area (Å²) in [4.78, 5) is 9.12. The van der Waals surface area contributed by atoms with E-state index in [1.165, 1.54) is 11.3 Å². The molecule has 7 heteroatoms. The average molecular weight is 352 g/mol. The molecule has 136 valence electrons. The van der Waals surface area contributed by atoms with E-state index in [1.807, 2.05) is 18.3 Å².